The van der Waals surface area contributed by atoms with E-state index >= 15 is 0 Å². The van der Waals surface area contributed by atoms with Gasteiger partial charge in [0.15, 0.2) is 0 Å². The van der Waals surface area contributed by atoms with Crippen LogP contribution in [0.15, 0.2) is 48.5 Å². The molecule has 36 heavy (non-hydrogen) atoms. The molecule has 190 valence electrons. The lowest BCUT2D eigenvalue weighted by Gasteiger charge is -2.38. The highest BCUT2D eigenvalue weighted by Gasteiger charge is 2.57. The van der Waals surface area contributed by atoms with Crippen LogP contribution in [0.4, 0.5) is 5.69 Å². The third-order valence-corrected chi connectivity index (χ3v) is 7.50. The van der Waals surface area contributed by atoms with Gasteiger partial charge in [0.2, 0.25) is 17.7 Å². The number of imide groups is 1. The number of hydrogen-bond donors (Lipinski definition) is 0. The largest absolute Gasteiger partial charge is 0.497 e. The van der Waals surface area contributed by atoms with Crippen molar-refractivity contribution in [3.8, 4) is 11.5 Å². The van der Waals surface area contributed by atoms with E-state index < -0.39 is 5.41 Å². The zero-order valence-electron chi connectivity index (χ0n) is 20.9. The molecule has 0 spiro atoms. The molecule has 0 unspecified atom stereocenters. The van der Waals surface area contributed by atoms with Gasteiger partial charge < -0.3 is 19.3 Å². The number of piperazine rings is 1. The number of benzene rings is 2. The van der Waals surface area contributed by atoms with Crippen molar-refractivity contribution in [2.24, 2.45) is 0 Å². The normalized spacial score (nSPS) is 22.2. The highest BCUT2D eigenvalue weighted by molar-refractivity contribution is 6.11. The zero-order valence-corrected chi connectivity index (χ0v) is 20.9. The molecule has 2 saturated heterocycles. The number of carbonyl (C=O) groups excluding carboxylic acids is 3. The van der Waals surface area contributed by atoms with Crippen molar-refractivity contribution < 1.29 is 23.9 Å². The van der Waals surface area contributed by atoms with Crippen molar-refractivity contribution in [3.05, 3.63) is 54.1 Å². The van der Waals surface area contributed by atoms with Crippen LogP contribution in [0.1, 0.15) is 38.2 Å². The minimum Gasteiger partial charge on any atom is -0.497 e. The second-order valence-corrected chi connectivity index (χ2v) is 9.73. The minimum absolute atomic E-state index is 0.0113. The molecule has 2 heterocycles. The second-order valence-electron chi connectivity index (χ2n) is 9.73. The fraction of sp³-hybridized carbons (Fsp3) is 0.464. The van der Waals surface area contributed by atoms with Crippen molar-refractivity contribution in [1.82, 2.24) is 9.80 Å². The molecule has 8 heteroatoms. The molecule has 2 aliphatic heterocycles. The molecule has 2 aromatic carbocycles. The Morgan fingerprint density at radius 1 is 1.00 bits per heavy atom. The van der Waals surface area contributed by atoms with Gasteiger partial charge in [0.1, 0.15) is 11.5 Å². The van der Waals surface area contributed by atoms with Gasteiger partial charge in [-0.2, -0.15) is 0 Å². The van der Waals surface area contributed by atoms with E-state index in [1.54, 1.807) is 19.2 Å². The number of likely N-dealkylation sites (tertiary alicyclic amines) is 1. The van der Waals surface area contributed by atoms with Gasteiger partial charge in [-0.15, -0.1) is 0 Å². The van der Waals surface area contributed by atoms with E-state index in [4.69, 9.17) is 9.47 Å². The molecule has 0 radical (unpaired) electrons. The molecule has 1 aliphatic carbocycles. The number of para-hydroxylation sites is 2. The lowest BCUT2D eigenvalue weighted by molar-refractivity contribution is -0.143. The maximum absolute atomic E-state index is 13.7. The molecular weight excluding hydrogens is 458 g/mol. The number of amides is 3. The Kier molecular flexibility index (Phi) is 6.60. The molecular formula is C28H33N3O5. The van der Waals surface area contributed by atoms with E-state index in [2.05, 4.69) is 4.90 Å². The standard InChI is InChI=1S/C28H33N3O5/c1-3-36-24-7-5-4-6-23(24)29-14-16-30(17-15-29)25(32)18-28(20-8-12-22(35-2)13-9-20)19-26(33)31(27(28)34)21-10-11-21/h4-9,12-13,21H,3,10-11,14-19H2,1-2H3/t28-/m0/s1. The predicted octanol–water partition coefficient (Wildman–Crippen LogP) is 2.99. The molecule has 3 amide bonds. The Bertz CT molecular complexity index is 1140. The van der Waals surface area contributed by atoms with Crippen molar-refractivity contribution in [2.45, 2.75) is 44.1 Å². The number of carbonyl (C=O) groups is 3. The summed E-state index contributed by atoms with van der Waals surface area (Å²) in [5, 5.41) is 0. The Morgan fingerprint density at radius 2 is 1.69 bits per heavy atom. The second kappa shape index (κ2) is 9.84. The number of rotatable bonds is 8. The van der Waals surface area contributed by atoms with E-state index in [0.29, 0.717) is 44.1 Å². The topological polar surface area (TPSA) is 79.4 Å². The van der Waals surface area contributed by atoms with Crippen LogP contribution in [0.3, 0.4) is 0 Å². The summed E-state index contributed by atoms with van der Waals surface area (Å²) in [4.78, 5) is 45.7. The van der Waals surface area contributed by atoms with Crippen LogP contribution in [-0.2, 0) is 19.8 Å². The SMILES string of the molecule is CCOc1ccccc1N1CCN(C(=O)C[C@@]2(c3ccc(OC)cc3)CC(=O)N(C3CC3)C2=O)CC1. The molecule has 3 fully saturated rings. The summed E-state index contributed by atoms with van der Waals surface area (Å²) in [6.07, 6.45) is 1.70. The summed E-state index contributed by atoms with van der Waals surface area (Å²) in [6.45, 7) is 5.00. The Labute approximate surface area is 211 Å². The molecule has 0 N–H and O–H groups in total. The molecule has 2 aromatic rings. The molecule has 1 saturated carbocycles. The number of hydrogen-bond acceptors (Lipinski definition) is 6. The summed E-state index contributed by atoms with van der Waals surface area (Å²) in [5.41, 5.74) is 0.557. The number of ether oxygens (including phenoxy) is 2. The predicted molar refractivity (Wildman–Crippen MR) is 135 cm³/mol. The summed E-state index contributed by atoms with van der Waals surface area (Å²) < 4.78 is 11.1. The van der Waals surface area contributed by atoms with Gasteiger partial charge in [-0.05, 0) is 49.6 Å². The third kappa shape index (κ3) is 4.40. The van der Waals surface area contributed by atoms with Gasteiger partial charge in [0.05, 0.1) is 24.8 Å². The fourth-order valence-corrected chi connectivity index (χ4v) is 5.40. The summed E-state index contributed by atoms with van der Waals surface area (Å²) >= 11 is 0. The van der Waals surface area contributed by atoms with Gasteiger partial charge >= 0.3 is 0 Å². The van der Waals surface area contributed by atoms with Crippen molar-refractivity contribution in [2.75, 3.05) is 44.8 Å². The number of methoxy groups -OCH3 is 1. The molecule has 1 atom stereocenters. The maximum Gasteiger partial charge on any atom is 0.241 e. The van der Waals surface area contributed by atoms with Crippen LogP contribution in [0.25, 0.3) is 0 Å². The van der Waals surface area contributed by atoms with Gasteiger partial charge in [-0.3, -0.25) is 19.3 Å². The maximum atomic E-state index is 13.7. The molecule has 0 bridgehead atoms. The average Bonchev–Trinajstić information content (AvgIpc) is 3.70. The van der Waals surface area contributed by atoms with Crippen LogP contribution >= 0.6 is 0 Å². The van der Waals surface area contributed by atoms with Gasteiger partial charge in [-0.1, -0.05) is 24.3 Å². The van der Waals surface area contributed by atoms with E-state index in [0.717, 1.165) is 24.3 Å². The van der Waals surface area contributed by atoms with Crippen LogP contribution in [0.2, 0.25) is 0 Å². The molecule has 0 aromatic heterocycles. The van der Waals surface area contributed by atoms with Crippen molar-refractivity contribution in [3.63, 3.8) is 0 Å². The van der Waals surface area contributed by atoms with Crippen molar-refractivity contribution >= 4 is 23.4 Å². The first-order valence-electron chi connectivity index (χ1n) is 12.7. The summed E-state index contributed by atoms with van der Waals surface area (Å²) in [7, 11) is 1.58. The van der Waals surface area contributed by atoms with E-state index in [9.17, 15) is 14.4 Å². The lowest BCUT2D eigenvalue weighted by atomic mass is 9.75. The molecule has 5 rings (SSSR count). The van der Waals surface area contributed by atoms with Crippen LogP contribution in [0.5, 0.6) is 11.5 Å². The average molecular weight is 492 g/mol. The van der Waals surface area contributed by atoms with Gasteiger partial charge in [0.25, 0.3) is 0 Å². The van der Waals surface area contributed by atoms with E-state index in [-0.39, 0.29) is 36.6 Å². The minimum atomic E-state index is -1.16. The first-order chi connectivity index (χ1) is 17.5. The fourth-order valence-electron chi connectivity index (χ4n) is 5.40. The van der Waals surface area contributed by atoms with E-state index in [1.165, 1.54) is 4.90 Å². The number of anilines is 1. The Balaban J connectivity index is 1.34. The molecule has 3 aliphatic rings. The van der Waals surface area contributed by atoms with Crippen LogP contribution < -0.4 is 14.4 Å². The Morgan fingerprint density at radius 3 is 2.33 bits per heavy atom. The first-order valence-corrected chi connectivity index (χ1v) is 12.7. The third-order valence-electron chi connectivity index (χ3n) is 7.50. The monoisotopic (exact) mass is 491 g/mol. The van der Waals surface area contributed by atoms with E-state index in [1.807, 2.05) is 48.2 Å². The smallest absolute Gasteiger partial charge is 0.241 e. The zero-order chi connectivity index (χ0) is 25.3. The highest BCUT2D eigenvalue weighted by Crippen LogP contribution is 2.45. The highest BCUT2D eigenvalue weighted by atomic mass is 16.5. The quantitative estimate of drug-likeness (QED) is 0.529. The van der Waals surface area contributed by atoms with Gasteiger partial charge in [-0.25, -0.2) is 0 Å². The lowest BCUT2D eigenvalue weighted by Crippen LogP contribution is -2.51. The van der Waals surface area contributed by atoms with Gasteiger partial charge in [0, 0.05) is 45.1 Å². The first kappa shape index (κ1) is 24.2. The summed E-state index contributed by atoms with van der Waals surface area (Å²) in [5.74, 6) is 0.997. The molecule has 8 nitrogen and oxygen atoms in total. The summed E-state index contributed by atoms with van der Waals surface area (Å²) in [6, 6.07) is 15.1. The van der Waals surface area contributed by atoms with Crippen LogP contribution in [0, 0.1) is 0 Å². The number of nitrogens with zero attached hydrogens (tertiary/aromatic N) is 3. The Hall–Kier alpha value is -3.55. The van der Waals surface area contributed by atoms with Crippen LogP contribution in [-0.4, -0.2) is 73.5 Å². The van der Waals surface area contributed by atoms with Crippen molar-refractivity contribution in [1.29, 1.82) is 0 Å².